The number of amides is 1. The fourth-order valence-electron chi connectivity index (χ4n) is 2.42. The maximum absolute atomic E-state index is 12.2. The Balaban J connectivity index is 1.77. The first-order valence-electron chi connectivity index (χ1n) is 7.98. The van der Waals surface area contributed by atoms with Crippen molar-refractivity contribution < 1.29 is 4.79 Å². The Morgan fingerprint density at radius 2 is 2.23 bits per heavy atom. The quantitative estimate of drug-likeness (QED) is 0.617. The minimum atomic E-state index is -0.205. The van der Waals surface area contributed by atoms with E-state index < -0.39 is 0 Å². The van der Waals surface area contributed by atoms with Crippen LogP contribution in [0.5, 0.6) is 0 Å². The van der Waals surface area contributed by atoms with Gasteiger partial charge in [0.1, 0.15) is 0 Å². The molecule has 1 amide bonds. The number of hydrogen-bond donors (Lipinski definition) is 1. The van der Waals surface area contributed by atoms with Crippen molar-refractivity contribution >= 4 is 17.7 Å². The molecule has 1 aliphatic rings. The van der Waals surface area contributed by atoms with Crippen molar-refractivity contribution in [1.82, 2.24) is 25.5 Å². The minimum Gasteiger partial charge on any atom is -0.355 e. The molecule has 0 saturated carbocycles. The first-order chi connectivity index (χ1) is 10.6. The average molecular weight is 323 g/mol. The number of hydrogen-bond acceptors (Lipinski definition) is 5. The second-order valence-electron chi connectivity index (χ2n) is 5.91. The van der Waals surface area contributed by atoms with Crippen LogP contribution in [-0.4, -0.2) is 37.9 Å². The molecule has 22 heavy (non-hydrogen) atoms. The van der Waals surface area contributed by atoms with E-state index in [4.69, 9.17) is 0 Å². The van der Waals surface area contributed by atoms with Gasteiger partial charge in [0.2, 0.25) is 11.1 Å². The van der Waals surface area contributed by atoms with E-state index in [9.17, 15) is 4.79 Å². The fourth-order valence-corrected chi connectivity index (χ4v) is 3.37. The SMILES string of the molecule is CC(Sc1nnnn1C(C)C)C(=O)NCCC1=CCCCC1. The first kappa shape index (κ1) is 17.0. The molecule has 0 bridgehead atoms. The Morgan fingerprint density at radius 1 is 1.41 bits per heavy atom. The van der Waals surface area contributed by atoms with E-state index in [2.05, 4.69) is 26.9 Å². The molecule has 0 aromatic carbocycles. The first-order valence-corrected chi connectivity index (χ1v) is 8.86. The third-order valence-corrected chi connectivity index (χ3v) is 4.78. The summed E-state index contributed by atoms with van der Waals surface area (Å²) in [5.74, 6) is 0.0414. The maximum Gasteiger partial charge on any atom is 0.233 e. The van der Waals surface area contributed by atoms with Crippen molar-refractivity contribution in [2.75, 3.05) is 6.54 Å². The molecule has 1 aliphatic carbocycles. The molecule has 122 valence electrons. The summed E-state index contributed by atoms with van der Waals surface area (Å²) in [7, 11) is 0. The molecule has 1 aromatic heterocycles. The Bertz CT molecular complexity index is 526. The van der Waals surface area contributed by atoms with Gasteiger partial charge in [0, 0.05) is 6.54 Å². The topological polar surface area (TPSA) is 72.7 Å². The van der Waals surface area contributed by atoms with E-state index in [1.807, 2.05) is 20.8 Å². The highest BCUT2D eigenvalue weighted by Crippen LogP contribution is 2.23. The van der Waals surface area contributed by atoms with Crippen molar-refractivity contribution in [2.24, 2.45) is 0 Å². The van der Waals surface area contributed by atoms with Crippen LogP contribution in [0.3, 0.4) is 0 Å². The number of tetrazole rings is 1. The van der Waals surface area contributed by atoms with Gasteiger partial charge in [-0.25, -0.2) is 4.68 Å². The van der Waals surface area contributed by atoms with Crippen molar-refractivity contribution in [2.45, 2.75) is 69.3 Å². The largest absolute Gasteiger partial charge is 0.355 e. The van der Waals surface area contributed by atoms with Crippen LogP contribution >= 0.6 is 11.8 Å². The van der Waals surface area contributed by atoms with Gasteiger partial charge < -0.3 is 5.32 Å². The minimum absolute atomic E-state index is 0.0414. The van der Waals surface area contributed by atoms with E-state index in [0.717, 1.165) is 6.42 Å². The lowest BCUT2D eigenvalue weighted by Gasteiger charge is -2.15. The zero-order chi connectivity index (χ0) is 15.9. The molecule has 0 aliphatic heterocycles. The highest BCUT2D eigenvalue weighted by molar-refractivity contribution is 8.00. The molecule has 1 aromatic rings. The van der Waals surface area contributed by atoms with E-state index in [1.54, 1.807) is 4.68 Å². The lowest BCUT2D eigenvalue weighted by Crippen LogP contribution is -2.32. The monoisotopic (exact) mass is 323 g/mol. The second-order valence-corrected chi connectivity index (χ2v) is 7.22. The molecule has 1 N–H and O–H groups in total. The second kappa shape index (κ2) is 8.31. The summed E-state index contributed by atoms with van der Waals surface area (Å²) < 4.78 is 1.74. The fraction of sp³-hybridized carbons (Fsp3) is 0.733. The smallest absolute Gasteiger partial charge is 0.233 e. The van der Waals surface area contributed by atoms with E-state index >= 15 is 0 Å². The van der Waals surface area contributed by atoms with E-state index in [1.165, 1.54) is 43.0 Å². The van der Waals surface area contributed by atoms with Crippen molar-refractivity contribution in [3.05, 3.63) is 11.6 Å². The van der Waals surface area contributed by atoms with Crippen molar-refractivity contribution in [3.8, 4) is 0 Å². The molecule has 6 nitrogen and oxygen atoms in total. The summed E-state index contributed by atoms with van der Waals surface area (Å²) in [4.78, 5) is 12.2. The Hall–Kier alpha value is -1.37. The number of carbonyl (C=O) groups is 1. The average Bonchev–Trinajstić information content (AvgIpc) is 2.96. The van der Waals surface area contributed by atoms with Gasteiger partial charge in [-0.15, -0.1) is 5.10 Å². The zero-order valence-corrected chi connectivity index (χ0v) is 14.4. The highest BCUT2D eigenvalue weighted by Gasteiger charge is 2.19. The van der Waals surface area contributed by atoms with Crippen molar-refractivity contribution in [1.29, 1.82) is 0 Å². The Morgan fingerprint density at radius 3 is 2.91 bits per heavy atom. The summed E-state index contributed by atoms with van der Waals surface area (Å²) in [6.45, 7) is 6.63. The number of carbonyl (C=O) groups excluding carboxylic acids is 1. The van der Waals surface area contributed by atoms with Crippen LogP contribution in [0.4, 0.5) is 0 Å². The summed E-state index contributed by atoms with van der Waals surface area (Å²) >= 11 is 1.40. The number of nitrogens with one attached hydrogen (secondary N) is 1. The van der Waals surface area contributed by atoms with Gasteiger partial charge in [0.25, 0.3) is 0 Å². The van der Waals surface area contributed by atoms with Crippen LogP contribution in [0.1, 0.15) is 58.9 Å². The normalized spacial score (nSPS) is 16.5. The summed E-state index contributed by atoms with van der Waals surface area (Å²) in [5.41, 5.74) is 1.48. The number of thioether (sulfide) groups is 1. The van der Waals surface area contributed by atoms with Gasteiger partial charge in [0.15, 0.2) is 0 Å². The molecule has 2 rings (SSSR count). The number of rotatable bonds is 7. The van der Waals surface area contributed by atoms with Gasteiger partial charge in [-0.2, -0.15) is 0 Å². The third kappa shape index (κ3) is 4.83. The molecule has 7 heteroatoms. The van der Waals surface area contributed by atoms with Gasteiger partial charge in [-0.05, 0) is 63.3 Å². The van der Waals surface area contributed by atoms with Crippen LogP contribution in [0.15, 0.2) is 16.8 Å². The molecule has 0 saturated heterocycles. The van der Waals surface area contributed by atoms with Crippen molar-refractivity contribution in [3.63, 3.8) is 0 Å². The van der Waals surface area contributed by atoms with Gasteiger partial charge in [-0.1, -0.05) is 23.4 Å². The molecule has 0 fully saturated rings. The highest BCUT2D eigenvalue weighted by atomic mass is 32.2. The predicted octanol–water partition coefficient (Wildman–Crippen LogP) is 2.74. The van der Waals surface area contributed by atoms with Gasteiger partial charge in [-0.3, -0.25) is 4.79 Å². The van der Waals surface area contributed by atoms with Crippen LogP contribution in [0, 0.1) is 0 Å². The van der Waals surface area contributed by atoms with Gasteiger partial charge in [0.05, 0.1) is 11.3 Å². The molecular weight excluding hydrogens is 298 g/mol. The molecule has 0 spiro atoms. The number of allylic oxidation sites excluding steroid dienone is 1. The predicted molar refractivity (Wildman–Crippen MR) is 87.7 cm³/mol. The number of aromatic nitrogens is 4. The summed E-state index contributed by atoms with van der Waals surface area (Å²) in [6.07, 6.45) is 8.24. The molecule has 1 atom stereocenters. The van der Waals surface area contributed by atoms with E-state index in [0.29, 0.717) is 11.7 Å². The molecule has 0 radical (unpaired) electrons. The molecule has 1 heterocycles. The van der Waals surface area contributed by atoms with E-state index in [-0.39, 0.29) is 17.2 Å². The van der Waals surface area contributed by atoms with Crippen LogP contribution < -0.4 is 5.32 Å². The van der Waals surface area contributed by atoms with Crippen LogP contribution in [0.2, 0.25) is 0 Å². The standard InChI is InChI=1S/C15H25N5OS/c1-11(2)20-15(17-18-19-20)22-12(3)14(21)16-10-9-13-7-5-4-6-8-13/h7,11-12H,4-6,8-10H2,1-3H3,(H,16,21). The maximum atomic E-state index is 12.2. The van der Waals surface area contributed by atoms with Crippen LogP contribution in [0.25, 0.3) is 0 Å². The Labute approximate surface area is 136 Å². The summed E-state index contributed by atoms with van der Waals surface area (Å²) in [6, 6.07) is 0.186. The zero-order valence-electron chi connectivity index (χ0n) is 13.6. The summed E-state index contributed by atoms with van der Waals surface area (Å²) in [5, 5.41) is 15.1. The molecule has 1 unspecified atom stereocenters. The van der Waals surface area contributed by atoms with Crippen LogP contribution in [-0.2, 0) is 4.79 Å². The third-order valence-electron chi connectivity index (χ3n) is 3.73. The Kier molecular flexibility index (Phi) is 6.42. The lowest BCUT2D eigenvalue weighted by atomic mass is 9.97. The lowest BCUT2D eigenvalue weighted by molar-refractivity contribution is -0.120. The number of nitrogens with zero attached hydrogens (tertiary/aromatic N) is 4. The molecular formula is C15H25N5OS. The van der Waals surface area contributed by atoms with Gasteiger partial charge >= 0.3 is 0 Å².